The minimum Gasteiger partial charge on any atom is -0.289 e. The van der Waals surface area contributed by atoms with E-state index in [4.69, 9.17) is 0 Å². The van der Waals surface area contributed by atoms with Gasteiger partial charge in [-0.3, -0.25) is 4.79 Å². The summed E-state index contributed by atoms with van der Waals surface area (Å²) in [5, 5.41) is 0. The van der Waals surface area contributed by atoms with Crippen LogP contribution in [0.15, 0.2) is 71.9 Å². The molecule has 0 N–H and O–H groups in total. The summed E-state index contributed by atoms with van der Waals surface area (Å²) in [6.07, 6.45) is 34.7. The van der Waals surface area contributed by atoms with Crippen molar-refractivity contribution in [2.45, 2.75) is 77.0 Å². The van der Waals surface area contributed by atoms with Crippen molar-refractivity contribution in [3.05, 3.63) is 71.9 Å². The van der Waals surface area contributed by atoms with E-state index in [9.17, 15) is 4.79 Å². The average molecular weight is 351 g/mol. The maximum Gasteiger partial charge on any atom is 0.184 e. The van der Waals surface area contributed by atoms with Gasteiger partial charge in [-0.15, -0.1) is 0 Å². The summed E-state index contributed by atoms with van der Waals surface area (Å²) in [7, 11) is 0. The SMILES string of the molecule is O=C(\C1=C/C=C\C=C\CCCCCC1)/C1=C/C=C/C=C/CCCCCC1. The first kappa shape index (κ1) is 20.4. The summed E-state index contributed by atoms with van der Waals surface area (Å²) in [6, 6.07) is 0. The molecule has 1 nitrogen and oxygen atoms in total. The van der Waals surface area contributed by atoms with Crippen molar-refractivity contribution in [3.63, 3.8) is 0 Å². The molecule has 2 rings (SSSR count). The van der Waals surface area contributed by atoms with E-state index in [0.29, 0.717) is 0 Å². The van der Waals surface area contributed by atoms with E-state index in [0.717, 1.165) is 49.7 Å². The second-order valence-electron chi connectivity index (χ2n) is 7.24. The lowest BCUT2D eigenvalue weighted by molar-refractivity contribution is -0.112. The van der Waals surface area contributed by atoms with Gasteiger partial charge in [0.15, 0.2) is 5.78 Å². The first-order valence-corrected chi connectivity index (χ1v) is 10.5. The molecule has 0 saturated heterocycles. The first-order chi connectivity index (χ1) is 12.9. The number of carbonyl (C=O) groups excluding carboxylic acids is 1. The molecule has 0 amide bonds. The van der Waals surface area contributed by atoms with Crippen LogP contribution < -0.4 is 0 Å². The summed E-state index contributed by atoms with van der Waals surface area (Å²) < 4.78 is 0. The van der Waals surface area contributed by atoms with Crippen molar-refractivity contribution in [1.82, 2.24) is 0 Å². The highest BCUT2D eigenvalue weighted by atomic mass is 16.1. The van der Waals surface area contributed by atoms with Crippen LogP contribution in [0.1, 0.15) is 77.0 Å². The molecule has 0 aliphatic heterocycles. The van der Waals surface area contributed by atoms with Gasteiger partial charge in [0.25, 0.3) is 0 Å². The molecule has 140 valence electrons. The van der Waals surface area contributed by atoms with Crippen LogP contribution in [0.4, 0.5) is 0 Å². The Bertz CT molecular complexity index is 544. The zero-order valence-electron chi connectivity index (χ0n) is 16.2. The van der Waals surface area contributed by atoms with E-state index in [2.05, 4.69) is 36.5 Å². The Morgan fingerprint density at radius 1 is 0.538 bits per heavy atom. The normalized spacial score (nSPS) is 29.7. The number of Topliss-reactive ketones (excluding diaryl/α,β-unsaturated/α-hetero) is 1. The zero-order valence-corrected chi connectivity index (χ0v) is 16.2. The molecule has 0 bridgehead atoms. The van der Waals surface area contributed by atoms with Crippen molar-refractivity contribution >= 4 is 5.78 Å². The topological polar surface area (TPSA) is 17.1 Å². The molecule has 0 atom stereocenters. The Hall–Kier alpha value is -1.89. The second-order valence-corrected chi connectivity index (χ2v) is 7.24. The van der Waals surface area contributed by atoms with E-state index < -0.39 is 0 Å². The van der Waals surface area contributed by atoms with Crippen LogP contribution in [0.3, 0.4) is 0 Å². The molecule has 0 spiro atoms. The monoisotopic (exact) mass is 350 g/mol. The molecular weight excluding hydrogens is 316 g/mol. The molecule has 0 radical (unpaired) electrons. The molecular formula is C25H34O. The van der Waals surface area contributed by atoms with Gasteiger partial charge in [0, 0.05) is 0 Å². The van der Waals surface area contributed by atoms with Gasteiger partial charge in [0.1, 0.15) is 0 Å². The third-order valence-electron chi connectivity index (χ3n) is 5.03. The predicted octanol–water partition coefficient (Wildman–Crippen LogP) is 7.34. The molecule has 2 aliphatic carbocycles. The Kier molecular flexibility index (Phi) is 10.5. The number of ketones is 1. The van der Waals surface area contributed by atoms with Crippen LogP contribution in [-0.2, 0) is 4.79 Å². The fraction of sp³-hybridized carbons (Fsp3) is 0.480. The van der Waals surface area contributed by atoms with Crippen molar-refractivity contribution in [2.75, 3.05) is 0 Å². The van der Waals surface area contributed by atoms with Crippen LogP contribution in [0, 0.1) is 0 Å². The van der Waals surface area contributed by atoms with Gasteiger partial charge >= 0.3 is 0 Å². The quantitative estimate of drug-likeness (QED) is 0.509. The smallest absolute Gasteiger partial charge is 0.184 e. The maximum absolute atomic E-state index is 13.1. The fourth-order valence-electron chi connectivity index (χ4n) is 3.44. The lowest BCUT2D eigenvalue weighted by atomic mass is 9.93. The lowest BCUT2D eigenvalue weighted by Crippen LogP contribution is -2.07. The number of hydrogen-bond donors (Lipinski definition) is 0. The van der Waals surface area contributed by atoms with Gasteiger partial charge in [-0.05, 0) is 62.5 Å². The van der Waals surface area contributed by atoms with Crippen molar-refractivity contribution < 1.29 is 4.79 Å². The lowest BCUT2D eigenvalue weighted by Gasteiger charge is -2.11. The van der Waals surface area contributed by atoms with Crippen LogP contribution in [-0.4, -0.2) is 5.78 Å². The number of hydrogen-bond acceptors (Lipinski definition) is 1. The Morgan fingerprint density at radius 3 is 1.50 bits per heavy atom. The zero-order chi connectivity index (χ0) is 18.3. The van der Waals surface area contributed by atoms with Crippen LogP contribution in [0.2, 0.25) is 0 Å². The molecule has 1 heteroatoms. The van der Waals surface area contributed by atoms with E-state index in [-0.39, 0.29) is 5.78 Å². The van der Waals surface area contributed by atoms with Crippen LogP contribution in [0.25, 0.3) is 0 Å². The molecule has 0 unspecified atom stereocenters. The third-order valence-corrected chi connectivity index (χ3v) is 5.03. The van der Waals surface area contributed by atoms with Crippen LogP contribution in [0.5, 0.6) is 0 Å². The highest BCUT2D eigenvalue weighted by Crippen LogP contribution is 2.21. The highest BCUT2D eigenvalue weighted by Gasteiger charge is 2.14. The van der Waals surface area contributed by atoms with Crippen molar-refractivity contribution in [3.8, 4) is 0 Å². The minimum absolute atomic E-state index is 0.251. The number of allylic oxidation sites excluding steroid dienone is 12. The molecule has 26 heavy (non-hydrogen) atoms. The van der Waals surface area contributed by atoms with E-state index in [1.807, 2.05) is 24.3 Å². The summed E-state index contributed by atoms with van der Waals surface area (Å²) in [6.45, 7) is 0. The Balaban J connectivity index is 2.13. The third kappa shape index (κ3) is 8.47. The summed E-state index contributed by atoms with van der Waals surface area (Å²) >= 11 is 0. The Morgan fingerprint density at radius 2 is 1.00 bits per heavy atom. The van der Waals surface area contributed by atoms with Crippen molar-refractivity contribution in [1.29, 1.82) is 0 Å². The molecule has 0 fully saturated rings. The molecule has 0 heterocycles. The average Bonchev–Trinajstić information content (AvgIpc) is 2.62. The summed E-state index contributed by atoms with van der Waals surface area (Å²) in [5.74, 6) is 0.251. The van der Waals surface area contributed by atoms with E-state index in [1.165, 1.54) is 38.5 Å². The first-order valence-electron chi connectivity index (χ1n) is 10.5. The van der Waals surface area contributed by atoms with Crippen LogP contribution >= 0.6 is 0 Å². The summed E-state index contributed by atoms with van der Waals surface area (Å²) in [5.41, 5.74) is 1.94. The standard InChI is InChI=1S/C25H34O/c26-25(23-19-15-11-7-3-1-4-8-12-16-20-23)24-21-17-13-9-5-2-6-10-14-18-22-24/h3,5,7,9,11,13,15,17,19,21H,1-2,4,6,8,10,12,14,16,18,20,22H2/b7-3+,9-5+,15-11-,17-13+,23-19-,24-21+. The van der Waals surface area contributed by atoms with Gasteiger partial charge in [-0.2, -0.15) is 0 Å². The maximum atomic E-state index is 13.1. The van der Waals surface area contributed by atoms with Gasteiger partial charge < -0.3 is 0 Å². The highest BCUT2D eigenvalue weighted by molar-refractivity contribution is 6.08. The largest absolute Gasteiger partial charge is 0.289 e. The molecule has 0 aromatic rings. The van der Waals surface area contributed by atoms with E-state index in [1.54, 1.807) is 0 Å². The molecule has 0 aromatic heterocycles. The van der Waals surface area contributed by atoms with Gasteiger partial charge in [0.05, 0.1) is 0 Å². The summed E-state index contributed by atoms with van der Waals surface area (Å²) in [4.78, 5) is 13.1. The van der Waals surface area contributed by atoms with Crippen molar-refractivity contribution in [2.24, 2.45) is 0 Å². The van der Waals surface area contributed by atoms with Gasteiger partial charge in [0.2, 0.25) is 0 Å². The minimum atomic E-state index is 0.251. The Labute approximate surface area is 160 Å². The number of rotatable bonds is 2. The fourth-order valence-corrected chi connectivity index (χ4v) is 3.44. The second kappa shape index (κ2) is 13.3. The predicted molar refractivity (Wildman–Crippen MR) is 113 cm³/mol. The molecule has 0 aromatic carbocycles. The van der Waals surface area contributed by atoms with Gasteiger partial charge in [-0.1, -0.05) is 86.4 Å². The molecule has 2 aliphatic rings. The molecule has 0 saturated carbocycles. The number of carbonyl (C=O) groups is 1. The van der Waals surface area contributed by atoms with Gasteiger partial charge in [-0.25, -0.2) is 0 Å². The van der Waals surface area contributed by atoms with E-state index >= 15 is 0 Å².